The number of carbonyl (C=O) groups is 3. The highest BCUT2D eigenvalue weighted by Crippen LogP contribution is 2.15. The maximum Gasteiger partial charge on any atom is 0.407 e. The molecule has 2 aromatic carbocycles. The summed E-state index contributed by atoms with van der Waals surface area (Å²) < 4.78 is 67.9. The summed E-state index contributed by atoms with van der Waals surface area (Å²) in [6.45, 7) is 8.89. The molecule has 2 rings (SSSR count). The van der Waals surface area contributed by atoms with Gasteiger partial charge in [-0.05, 0) is 95.0 Å². The van der Waals surface area contributed by atoms with Gasteiger partial charge >= 0.3 is 18.0 Å². The molecule has 3 N–H and O–H groups in total. The third-order valence-corrected chi connectivity index (χ3v) is 5.14. The molecule has 0 spiro atoms. The van der Waals surface area contributed by atoms with E-state index in [1.807, 2.05) is 0 Å². The quantitative estimate of drug-likeness (QED) is 0.213. The number of hydrogen-bond acceptors (Lipinski definition) is 7. The van der Waals surface area contributed by atoms with Crippen molar-refractivity contribution in [3.63, 3.8) is 0 Å². The molecule has 0 saturated heterocycles. The van der Waals surface area contributed by atoms with Gasteiger partial charge in [-0.3, -0.25) is 9.59 Å². The van der Waals surface area contributed by atoms with E-state index in [1.54, 1.807) is 34.6 Å². The molecule has 2 atom stereocenters. The number of rotatable bonds is 11. The van der Waals surface area contributed by atoms with Crippen molar-refractivity contribution in [2.75, 3.05) is 13.2 Å². The molecule has 0 aliphatic heterocycles. The van der Waals surface area contributed by atoms with Crippen molar-refractivity contribution in [3.8, 4) is 0 Å². The number of nitrogens with one attached hydrogen (secondary N) is 1. The Labute approximate surface area is 237 Å². The number of ether oxygens (including phenoxy) is 3. The highest BCUT2D eigenvalue weighted by Gasteiger charge is 2.23. The van der Waals surface area contributed by atoms with E-state index < -0.39 is 59.0 Å². The molecule has 2 aromatic rings. The Bertz CT molecular complexity index is 1160. The first kappa shape index (κ1) is 35.4. The Hall–Kier alpha value is -3.67. The van der Waals surface area contributed by atoms with Crippen LogP contribution in [0.25, 0.3) is 0 Å². The fraction of sp³-hybridized carbons (Fsp3) is 0.483. The van der Waals surface area contributed by atoms with E-state index in [-0.39, 0.29) is 50.0 Å². The van der Waals surface area contributed by atoms with Crippen molar-refractivity contribution in [1.82, 2.24) is 5.32 Å². The fourth-order valence-electron chi connectivity index (χ4n) is 3.52. The van der Waals surface area contributed by atoms with Gasteiger partial charge in [0.1, 0.15) is 28.9 Å². The van der Waals surface area contributed by atoms with Crippen LogP contribution in [-0.4, -0.2) is 48.9 Å². The van der Waals surface area contributed by atoms with Gasteiger partial charge in [-0.2, -0.15) is 0 Å². The monoisotopic (exact) mass is 586 g/mol. The average molecular weight is 587 g/mol. The SMILES string of the molecule is CCOC(=O)CC(Cc1cc(F)ccc1F)NC(=O)OC(C)(C)C.CCOC(=O)CC(N)Cc1cc(F)ccc1F. The summed E-state index contributed by atoms with van der Waals surface area (Å²) in [5.74, 6) is -3.24. The lowest BCUT2D eigenvalue weighted by Crippen LogP contribution is -2.41. The molecular weight excluding hydrogens is 548 g/mol. The largest absolute Gasteiger partial charge is 0.466 e. The first-order valence-electron chi connectivity index (χ1n) is 13.1. The lowest BCUT2D eigenvalue weighted by Gasteiger charge is -2.23. The van der Waals surface area contributed by atoms with Gasteiger partial charge in [0.2, 0.25) is 0 Å². The summed E-state index contributed by atoms with van der Waals surface area (Å²) in [4.78, 5) is 34.7. The van der Waals surface area contributed by atoms with Crippen molar-refractivity contribution >= 4 is 18.0 Å². The number of alkyl carbamates (subject to hydrolysis) is 1. The number of hydrogen-bond donors (Lipinski definition) is 2. The zero-order chi connectivity index (χ0) is 31.2. The minimum absolute atomic E-state index is 0.0101. The molecule has 1 amide bonds. The molecule has 0 fully saturated rings. The van der Waals surface area contributed by atoms with E-state index in [1.165, 1.54) is 0 Å². The van der Waals surface area contributed by atoms with Crippen LogP contribution >= 0.6 is 0 Å². The summed E-state index contributed by atoms with van der Waals surface area (Å²) >= 11 is 0. The van der Waals surface area contributed by atoms with Gasteiger partial charge in [0.15, 0.2) is 0 Å². The van der Waals surface area contributed by atoms with Crippen LogP contribution in [-0.2, 0) is 36.6 Å². The molecular formula is C29H38F4N2O6. The second-order valence-electron chi connectivity index (χ2n) is 10.0. The summed E-state index contributed by atoms with van der Waals surface area (Å²) in [5, 5.41) is 2.51. The number of benzene rings is 2. The van der Waals surface area contributed by atoms with E-state index in [9.17, 15) is 31.9 Å². The molecule has 0 aromatic heterocycles. The zero-order valence-electron chi connectivity index (χ0n) is 23.9. The molecule has 41 heavy (non-hydrogen) atoms. The van der Waals surface area contributed by atoms with Crippen LogP contribution in [0.5, 0.6) is 0 Å². The smallest absolute Gasteiger partial charge is 0.407 e. The van der Waals surface area contributed by atoms with Crippen LogP contribution in [0.4, 0.5) is 22.4 Å². The minimum Gasteiger partial charge on any atom is -0.466 e. The average Bonchev–Trinajstić information content (AvgIpc) is 2.83. The molecule has 2 unspecified atom stereocenters. The zero-order valence-corrected chi connectivity index (χ0v) is 23.9. The van der Waals surface area contributed by atoms with Gasteiger partial charge in [0.05, 0.1) is 26.1 Å². The second-order valence-corrected chi connectivity index (χ2v) is 10.0. The molecule has 12 heteroatoms. The van der Waals surface area contributed by atoms with E-state index in [2.05, 4.69) is 5.32 Å². The number of esters is 2. The van der Waals surface area contributed by atoms with Crippen LogP contribution in [0.2, 0.25) is 0 Å². The third kappa shape index (κ3) is 15.1. The Balaban J connectivity index is 0.000000435. The van der Waals surface area contributed by atoms with Crippen molar-refractivity contribution in [2.45, 2.75) is 78.0 Å². The summed E-state index contributed by atoms with van der Waals surface area (Å²) in [7, 11) is 0. The van der Waals surface area contributed by atoms with Gasteiger partial charge in [-0.1, -0.05) is 0 Å². The first-order chi connectivity index (χ1) is 19.1. The van der Waals surface area contributed by atoms with Crippen LogP contribution in [0.15, 0.2) is 36.4 Å². The predicted molar refractivity (Wildman–Crippen MR) is 144 cm³/mol. The van der Waals surface area contributed by atoms with Crippen molar-refractivity contribution in [1.29, 1.82) is 0 Å². The number of carbonyl (C=O) groups excluding carboxylic acids is 3. The van der Waals surface area contributed by atoms with Gasteiger partial charge in [0.25, 0.3) is 0 Å². The second kappa shape index (κ2) is 17.2. The number of halogens is 4. The first-order valence-corrected chi connectivity index (χ1v) is 13.1. The van der Waals surface area contributed by atoms with E-state index in [0.717, 1.165) is 36.4 Å². The molecule has 0 radical (unpaired) electrons. The molecule has 0 aliphatic rings. The van der Waals surface area contributed by atoms with E-state index in [4.69, 9.17) is 19.9 Å². The summed E-state index contributed by atoms with van der Waals surface area (Å²) in [5.41, 5.74) is 5.17. The molecule has 0 heterocycles. The Kier molecular flexibility index (Phi) is 14.8. The summed E-state index contributed by atoms with van der Waals surface area (Å²) in [6.07, 6.45) is -0.898. The third-order valence-electron chi connectivity index (χ3n) is 5.14. The van der Waals surface area contributed by atoms with Gasteiger partial charge in [-0.25, -0.2) is 22.4 Å². The summed E-state index contributed by atoms with van der Waals surface area (Å²) in [6, 6.07) is 4.84. The Morgan fingerprint density at radius 3 is 1.73 bits per heavy atom. The normalized spacial score (nSPS) is 12.3. The van der Waals surface area contributed by atoms with Gasteiger partial charge < -0.3 is 25.3 Å². The van der Waals surface area contributed by atoms with Crippen LogP contribution in [0.3, 0.4) is 0 Å². The van der Waals surface area contributed by atoms with Crippen molar-refractivity contribution in [3.05, 3.63) is 70.8 Å². The van der Waals surface area contributed by atoms with Crippen LogP contribution in [0, 0.1) is 23.3 Å². The number of amides is 1. The maximum atomic E-state index is 13.8. The number of nitrogens with two attached hydrogens (primary N) is 1. The van der Waals surface area contributed by atoms with E-state index >= 15 is 0 Å². The molecule has 228 valence electrons. The standard InChI is InChI=1S/C17H23F2NO4.C12H15F2NO2/c1-5-23-15(21)10-13(20-16(22)24-17(2,3)4)9-11-8-12(18)6-7-14(11)19;1-2-17-12(16)7-10(15)6-8-5-9(13)3-4-11(8)14/h6-8,13H,5,9-10H2,1-4H3,(H,20,22);3-5,10H,2,6-7,15H2,1H3. The fourth-order valence-corrected chi connectivity index (χ4v) is 3.52. The van der Waals surface area contributed by atoms with Gasteiger partial charge in [-0.15, -0.1) is 0 Å². The lowest BCUT2D eigenvalue weighted by molar-refractivity contribution is -0.144. The Morgan fingerprint density at radius 2 is 1.27 bits per heavy atom. The van der Waals surface area contributed by atoms with E-state index in [0.29, 0.717) is 0 Å². The van der Waals surface area contributed by atoms with Crippen molar-refractivity contribution < 1.29 is 46.2 Å². The highest BCUT2D eigenvalue weighted by atomic mass is 19.1. The maximum absolute atomic E-state index is 13.8. The van der Waals surface area contributed by atoms with Crippen molar-refractivity contribution in [2.24, 2.45) is 5.73 Å². The topological polar surface area (TPSA) is 117 Å². The minimum atomic E-state index is -0.782. The molecule has 8 nitrogen and oxygen atoms in total. The van der Waals surface area contributed by atoms with Crippen LogP contribution in [0.1, 0.15) is 58.6 Å². The Morgan fingerprint density at radius 1 is 0.805 bits per heavy atom. The lowest BCUT2D eigenvalue weighted by atomic mass is 10.0. The molecule has 0 aliphatic carbocycles. The predicted octanol–water partition coefficient (Wildman–Crippen LogP) is 5.14. The molecule has 0 saturated carbocycles. The highest BCUT2D eigenvalue weighted by molar-refractivity contribution is 5.73. The van der Waals surface area contributed by atoms with Crippen LogP contribution < -0.4 is 11.1 Å². The van der Waals surface area contributed by atoms with Gasteiger partial charge in [0, 0.05) is 12.1 Å². The molecule has 0 bridgehead atoms.